The Morgan fingerprint density at radius 3 is 2.30 bits per heavy atom. The lowest BCUT2D eigenvalue weighted by Gasteiger charge is -2.13. The first-order valence-electron chi connectivity index (χ1n) is 5.66. The van der Waals surface area contributed by atoms with Gasteiger partial charge in [0.25, 0.3) is 0 Å². The fraction of sp³-hybridized carbons (Fsp3) is 0.143. The lowest BCUT2D eigenvalue weighted by atomic mass is 10.2. The quantitative estimate of drug-likeness (QED) is 0.689. The molecule has 2 nitrogen and oxygen atoms in total. The number of hydrogen-bond acceptors (Lipinski definition) is 2. The standard InChI is InChI=1S/C14H10F4O2/c15-9-4-8(5-10(16)6-9)7-20-14(19)11-2-1-3-12(17)13(11)18/h1-6,14,19H,7H2. The molecule has 0 heterocycles. The van der Waals surface area contributed by atoms with Crippen molar-refractivity contribution in [1.29, 1.82) is 0 Å². The molecule has 0 saturated heterocycles. The number of ether oxygens (including phenoxy) is 1. The molecule has 0 radical (unpaired) electrons. The maximum atomic E-state index is 13.4. The first-order valence-corrected chi connectivity index (χ1v) is 5.66. The summed E-state index contributed by atoms with van der Waals surface area (Å²) in [4.78, 5) is 0. The van der Waals surface area contributed by atoms with Gasteiger partial charge in [-0.2, -0.15) is 0 Å². The zero-order valence-electron chi connectivity index (χ0n) is 10.1. The summed E-state index contributed by atoms with van der Waals surface area (Å²) in [5.41, 5.74) is -0.264. The number of benzene rings is 2. The highest BCUT2D eigenvalue weighted by Crippen LogP contribution is 2.21. The molecule has 1 unspecified atom stereocenters. The van der Waals surface area contributed by atoms with Gasteiger partial charge in [-0.3, -0.25) is 0 Å². The minimum atomic E-state index is -1.74. The Morgan fingerprint density at radius 2 is 1.65 bits per heavy atom. The molecule has 1 atom stereocenters. The molecule has 0 saturated carbocycles. The normalized spacial score (nSPS) is 12.4. The Kier molecular flexibility index (Phi) is 4.36. The Labute approximate surface area is 112 Å². The van der Waals surface area contributed by atoms with Crippen LogP contribution in [0.1, 0.15) is 17.4 Å². The fourth-order valence-electron chi connectivity index (χ4n) is 1.67. The third kappa shape index (κ3) is 3.34. The molecule has 1 N–H and O–H groups in total. The van der Waals surface area contributed by atoms with Gasteiger partial charge in [-0.05, 0) is 23.8 Å². The molecular weight excluding hydrogens is 276 g/mol. The first kappa shape index (κ1) is 14.5. The average molecular weight is 286 g/mol. The molecule has 0 aliphatic rings. The van der Waals surface area contributed by atoms with Crippen LogP contribution in [0.15, 0.2) is 36.4 Å². The monoisotopic (exact) mass is 286 g/mol. The predicted octanol–water partition coefficient (Wildman–Crippen LogP) is 3.45. The van der Waals surface area contributed by atoms with E-state index in [1.165, 1.54) is 6.07 Å². The molecule has 6 heteroatoms. The van der Waals surface area contributed by atoms with Crippen LogP contribution in [0.3, 0.4) is 0 Å². The Balaban J connectivity index is 2.08. The zero-order chi connectivity index (χ0) is 14.7. The zero-order valence-corrected chi connectivity index (χ0v) is 10.1. The van der Waals surface area contributed by atoms with Crippen LogP contribution in [0.5, 0.6) is 0 Å². The SMILES string of the molecule is OC(OCc1cc(F)cc(F)c1)c1cccc(F)c1F. The van der Waals surface area contributed by atoms with E-state index in [1.54, 1.807) is 0 Å². The van der Waals surface area contributed by atoms with E-state index in [0.29, 0.717) is 6.07 Å². The first-order chi connectivity index (χ1) is 9.47. The van der Waals surface area contributed by atoms with Gasteiger partial charge >= 0.3 is 0 Å². The third-order valence-corrected chi connectivity index (χ3v) is 2.58. The van der Waals surface area contributed by atoms with Crippen LogP contribution in [0, 0.1) is 23.3 Å². The van der Waals surface area contributed by atoms with E-state index in [1.807, 2.05) is 0 Å². The third-order valence-electron chi connectivity index (χ3n) is 2.58. The van der Waals surface area contributed by atoms with Gasteiger partial charge < -0.3 is 9.84 Å². The predicted molar refractivity (Wildman–Crippen MR) is 62.5 cm³/mol. The van der Waals surface area contributed by atoms with E-state index in [9.17, 15) is 22.7 Å². The molecule has 0 bridgehead atoms. The molecule has 2 rings (SSSR count). The molecule has 0 aliphatic heterocycles. The molecule has 106 valence electrons. The second kappa shape index (κ2) is 6.02. The van der Waals surface area contributed by atoms with Crippen LogP contribution >= 0.6 is 0 Å². The Bertz CT molecular complexity index is 596. The highest BCUT2D eigenvalue weighted by Gasteiger charge is 2.16. The van der Waals surface area contributed by atoms with Crippen molar-refractivity contribution in [1.82, 2.24) is 0 Å². The van der Waals surface area contributed by atoms with Crippen LogP contribution < -0.4 is 0 Å². The van der Waals surface area contributed by atoms with E-state index in [-0.39, 0.29) is 17.7 Å². The highest BCUT2D eigenvalue weighted by molar-refractivity contribution is 5.20. The average Bonchev–Trinajstić information content (AvgIpc) is 2.38. The van der Waals surface area contributed by atoms with Crippen molar-refractivity contribution in [2.75, 3.05) is 0 Å². The van der Waals surface area contributed by atoms with Gasteiger partial charge in [-0.1, -0.05) is 12.1 Å². The van der Waals surface area contributed by atoms with E-state index >= 15 is 0 Å². The summed E-state index contributed by atoms with van der Waals surface area (Å²) in [6.07, 6.45) is -1.74. The van der Waals surface area contributed by atoms with Gasteiger partial charge in [0.1, 0.15) is 11.6 Å². The summed E-state index contributed by atoms with van der Waals surface area (Å²) in [6.45, 7) is -0.355. The van der Waals surface area contributed by atoms with Crippen molar-refractivity contribution in [3.05, 3.63) is 70.8 Å². The summed E-state index contributed by atoms with van der Waals surface area (Å²) in [5.74, 6) is -3.95. The summed E-state index contributed by atoms with van der Waals surface area (Å²) in [6, 6.07) is 5.96. The summed E-state index contributed by atoms with van der Waals surface area (Å²) < 4.78 is 57.1. The second-order valence-electron chi connectivity index (χ2n) is 4.08. The number of hydrogen-bond donors (Lipinski definition) is 1. The molecule has 0 aromatic heterocycles. The molecular formula is C14H10F4O2. The maximum Gasteiger partial charge on any atom is 0.184 e. The van der Waals surface area contributed by atoms with Crippen molar-refractivity contribution < 1.29 is 27.4 Å². The van der Waals surface area contributed by atoms with Crippen LogP contribution in [0.4, 0.5) is 17.6 Å². The van der Waals surface area contributed by atoms with Crippen molar-refractivity contribution in [3.8, 4) is 0 Å². The van der Waals surface area contributed by atoms with E-state index < -0.39 is 29.6 Å². The Morgan fingerprint density at radius 1 is 1.00 bits per heavy atom. The largest absolute Gasteiger partial charge is 0.364 e. The van der Waals surface area contributed by atoms with Crippen molar-refractivity contribution in [3.63, 3.8) is 0 Å². The molecule has 2 aromatic rings. The van der Waals surface area contributed by atoms with Gasteiger partial charge in [0.15, 0.2) is 17.9 Å². The van der Waals surface area contributed by atoms with Gasteiger partial charge in [-0.25, -0.2) is 17.6 Å². The minimum Gasteiger partial charge on any atom is -0.364 e. The summed E-state index contributed by atoms with van der Waals surface area (Å²) in [5, 5.41) is 9.61. The molecule has 0 fully saturated rings. The Hall–Kier alpha value is -1.92. The number of aliphatic hydroxyl groups is 1. The number of rotatable bonds is 4. The van der Waals surface area contributed by atoms with Crippen LogP contribution in [0.2, 0.25) is 0 Å². The molecule has 20 heavy (non-hydrogen) atoms. The molecule has 2 aromatic carbocycles. The van der Waals surface area contributed by atoms with Crippen LogP contribution in [-0.4, -0.2) is 5.11 Å². The number of aliphatic hydroxyl groups excluding tert-OH is 1. The van der Waals surface area contributed by atoms with E-state index in [2.05, 4.69) is 0 Å². The van der Waals surface area contributed by atoms with Gasteiger partial charge in [0.2, 0.25) is 0 Å². The lowest BCUT2D eigenvalue weighted by Crippen LogP contribution is -2.07. The van der Waals surface area contributed by atoms with Crippen molar-refractivity contribution >= 4 is 0 Å². The van der Waals surface area contributed by atoms with Crippen molar-refractivity contribution in [2.24, 2.45) is 0 Å². The van der Waals surface area contributed by atoms with Gasteiger partial charge in [0, 0.05) is 11.6 Å². The van der Waals surface area contributed by atoms with Crippen molar-refractivity contribution in [2.45, 2.75) is 12.9 Å². The maximum absolute atomic E-state index is 13.4. The van der Waals surface area contributed by atoms with Crippen LogP contribution in [-0.2, 0) is 11.3 Å². The minimum absolute atomic E-state index is 0.123. The highest BCUT2D eigenvalue weighted by atomic mass is 19.2. The fourth-order valence-corrected chi connectivity index (χ4v) is 1.67. The van der Waals surface area contributed by atoms with Gasteiger partial charge in [-0.15, -0.1) is 0 Å². The molecule has 0 spiro atoms. The number of halogens is 4. The van der Waals surface area contributed by atoms with E-state index in [4.69, 9.17) is 4.74 Å². The lowest BCUT2D eigenvalue weighted by molar-refractivity contribution is -0.114. The molecule has 0 aliphatic carbocycles. The summed E-state index contributed by atoms with van der Waals surface area (Å²) in [7, 11) is 0. The smallest absolute Gasteiger partial charge is 0.184 e. The van der Waals surface area contributed by atoms with Gasteiger partial charge in [0.05, 0.1) is 6.61 Å². The molecule has 0 amide bonds. The van der Waals surface area contributed by atoms with Crippen LogP contribution in [0.25, 0.3) is 0 Å². The summed E-state index contributed by atoms with van der Waals surface area (Å²) >= 11 is 0. The second-order valence-corrected chi connectivity index (χ2v) is 4.08. The van der Waals surface area contributed by atoms with E-state index in [0.717, 1.165) is 24.3 Å². The topological polar surface area (TPSA) is 29.5 Å².